The third-order valence-electron chi connectivity index (χ3n) is 7.44. The standard InChI is InChI=1S/C18H26O4/c1-11-10-12-14-16(2,15(20)21-12)7-5-8-17(14,3)18(11)9-4-6-13(19)22-18/h11-12,14H,4-10H2,1-3H3/t11-,12-,14+,16+,17+,18-/m1/s1. The summed E-state index contributed by atoms with van der Waals surface area (Å²) in [6, 6.07) is 0. The van der Waals surface area contributed by atoms with Crippen LogP contribution in [0.5, 0.6) is 0 Å². The zero-order valence-electron chi connectivity index (χ0n) is 13.8. The quantitative estimate of drug-likeness (QED) is 0.645. The molecule has 0 aromatic rings. The number of esters is 2. The molecule has 4 rings (SSSR count). The summed E-state index contributed by atoms with van der Waals surface area (Å²) in [6.07, 6.45) is 6.14. The third-order valence-corrected chi connectivity index (χ3v) is 7.44. The van der Waals surface area contributed by atoms with E-state index in [1.807, 2.05) is 0 Å². The molecular formula is C18H26O4. The van der Waals surface area contributed by atoms with Crippen molar-refractivity contribution in [2.24, 2.45) is 22.7 Å². The highest BCUT2D eigenvalue weighted by atomic mass is 16.6. The van der Waals surface area contributed by atoms with E-state index in [2.05, 4.69) is 20.8 Å². The molecule has 1 spiro atoms. The molecule has 4 aliphatic rings. The Bertz CT molecular complexity index is 543. The summed E-state index contributed by atoms with van der Waals surface area (Å²) in [5, 5.41) is 0. The Morgan fingerprint density at radius 3 is 2.59 bits per heavy atom. The van der Waals surface area contributed by atoms with Gasteiger partial charge in [0.05, 0.1) is 5.41 Å². The van der Waals surface area contributed by atoms with Crippen molar-refractivity contribution in [3.63, 3.8) is 0 Å². The molecule has 2 aliphatic carbocycles. The fraction of sp³-hybridized carbons (Fsp3) is 0.889. The highest BCUT2D eigenvalue weighted by molar-refractivity contribution is 5.80. The molecule has 4 heteroatoms. The van der Waals surface area contributed by atoms with Gasteiger partial charge in [-0.15, -0.1) is 0 Å². The second-order valence-corrected chi connectivity index (χ2v) is 8.46. The van der Waals surface area contributed by atoms with E-state index in [0.29, 0.717) is 6.42 Å². The summed E-state index contributed by atoms with van der Waals surface area (Å²) in [5.74, 6) is 0.342. The number of hydrogen-bond acceptors (Lipinski definition) is 4. The molecule has 4 fully saturated rings. The maximum absolute atomic E-state index is 12.5. The Balaban J connectivity index is 1.85. The average molecular weight is 306 g/mol. The Kier molecular flexibility index (Phi) is 2.82. The Morgan fingerprint density at radius 2 is 1.86 bits per heavy atom. The Morgan fingerprint density at radius 1 is 1.09 bits per heavy atom. The van der Waals surface area contributed by atoms with Crippen molar-refractivity contribution < 1.29 is 19.1 Å². The minimum atomic E-state index is -0.404. The van der Waals surface area contributed by atoms with Crippen molar-refractivity contribution in [2.75, 3.05) is 0 Å². The van der Waals surface area contributed by atoms with Crippen LogP contribution in [-0.4, -0.2) is 23.6 Å². The van der Waals surface area contributed by atoms with Gasteiger partial charge in [-0.05, 0) is 39.0 Å². The maximum Gasteiger partial charge on any atom is 0.312 e. The number of hydrogen-bond donors (Lipinski definition) is 0. The molecule has 122 valence electrons. The zero-order valence-corrected chi connectivity index (χ0v) is 13.8. The lowest BCUT2D eigenvalue weighted by atomic mass is 9.43. The van der Waals surface area contributed by atoms with Gasteiger partial charge < -0.3 is 9.47 Å². The number of carbonyl (C=O) groups excluding carboxylic acids is 2. The van der Waals surface area contributed by atoms with Crippen LogP contribution in [0.3, 0.4) is 0 Å². The van der Waals surface area contributed by atoms with Crippen molar-refractivity contribution in [1.29, 1.82) is 0 Å². The van der Waals surface area contributed by atoms with Crippen molar-refractivity contribution in [3.05, 3.63) is 0 Å². The predicted octanol–water partition coefficient (Wildman–Crippen LogP) is 3.23. The number of rotatable bonds is 0. The van der Waals surface area contributed by atoms with E-state index in [9.17, 15) is 9.59 Å². The largest absolute Gasteiger partial charge is 0.462 e. The second kappa shape index (κ2) is 4.27. The topological polar surface area (TPSA) is 52.6 Å². The molecule has 0 aromatic carbocycles. The molecule has 0 unspecified atom stereocenters. The average Bonchev–Trinajstić information content (AvgIpc) is 2.70. The first-order valence-corrected chi connectivity index (χ1v) is 8.76. The molecule has 0 amide bonds. The van der Waals surface area contributed by atoms with Gasteiger partial charge in [-0.25, -0.2) is 0 Å². The molecule has 0 aromatic heterocycles. The number of carbonyl (C=O) groups is 2. The molecule has 22 heavy (non-hydrogen) atoms. The minimum absolute atomic E-state index is 0.00375. The van der Waals surface area contributed by atoms with Crippen LogP contribution in [0.15, 0.2) is 0 Å². The van der Waals surface area contributed by atoms with Crippen molar-refractivity contribution >= 4 is 11.9 Å². The van der Waals surface area contributed by atoms with Gasteiger partial charge in [0.1, 0.15) is 11.7 Å². The molecule has 0 bridgehead atoms. The van der Waals surface area contributed by atoms with E-state index < -0.39 is 11.0 Å². The van der Waals surface area contributed by atoms with Crippen molar-refractivity contribution in [2.45, 2.75) is 77.4 Å². The van der Waals surface area contributed by atoms with E-state index in [4.69, 9.17) is 9.47 Å². The predicted molar refractivity (Wildman–Crippen MR) is 79.9 cm³/mol. The summed E-state index contributed by atoms with van der Waals surface area (Å²) < 4.78 is 11.9. The lowest BCUT2D eigenvalue weighted by Crippen LogP contribution is -2.67. The van der Waals surface area contributed by atoms with Gasteiger partial charge in [-0.1, -0.05) is 20.3 Å². The van der Waals surface area contributed by atoms with Crippen LogP contribution < -0.4 is 0 Å². The molecule has 2 aliphatic heterocycles. The first-order valence-electron chi connectivity index (χ1n) is 8.76. The molecule has 2 saturated carbocycles. The molecule has 6 atom stereocenters. The molecule has 2 saturated heterocycles. The molecular weight excluding hydrogens is 280 g/mol. The van der Waals surface area contributed by atoms with Crippen LogP contribution in [-0.2, 0) is 19.1 Å². The van der Waals surface area contributed by atoms with Gasteiger partial charge in [0.25, 0.3) is 0 Å². The highest BCUT2D eigenvalue weighted by Crippen LogP contribution is 2.68. The van der Waals surface area contributed by atoms with Crippen LogP contribution in [0.2, 0.25) is 0 Å². The first kappa shape index (κ1) is 14.5. The lowest BCUT2D eigenvalue weighted by molar-refractivity contribution is -0.246. The zero-order chi connectivity index (χ0) is 15.8. The lowest BCUT2D eigenvalue weighted by Gasteiger charge is -2.63. The molecule has 0 radical (unpaired) electrons. The molecule has 4 nitrogen and oxygen atoms in total. The van der Waals surface area contributed by atoms with Gasteiger partial charge in [0, 0.05) is 23.7 Å². The Hall–Kier alpha value is -1.06. The molecule has 2 heterocycles. The van der Waals surface area contributed by atoms with Gasteiger partial charge in [0.15, 0.2) is 0 Å². The van der Waals surface area contributed by atoms with Gasteiger partial charge in [-0.2, -0.15) is 0 Å². The van der Waals surface area contributed by atoms with E-state index in [0.717, 1.165) is 38.5 Å². The molecule has 0 N–H and O–H groups in total. The fourth-order valence-electron chi connectivity index (χ4n) is 6.54. The SMILES string of the molecule is C[C@@H]1C[C@H]2OC(=O)[C@@]3(C)CCC[C@@](C)([C@@H]23)[C@@]12CCCC(=O)O2. The van der Waals surface area contributed by atoms with E-state index in [1.165, 1.54) is 0 Å². The normalized spacial score (nSPS) is 53.9. The second-order valence-electron chi connectivity index (χ2n) is 8.46. The summed E-state index contributed by atoms with van der Waals surface area (Å²) in [7, 11) is 0. The maximum atomic E-state index is 12.5. The van der Waals surface area contributed by atoms with E-state index in [1.54, 1.807) is 0 Å². The van der Waals surface area contributed by atoms with Crippen LogP contribution in [0.25, 0.3) is 0 Å². The van der Waals surface area contributed by atoms with Crippen LogP contribution in [0.4, 0.5) is 0 Å². The van der Waals surface area contributed by atoms with Crippen molar-refractivity contribution in [1.82, 2.24) is 0 Å². The third kappa shape index (κ3) is 1.49. The van der Waals surface area contributed by atoms with E-state index >= 15 is 0 Å². The van der Waals surface area contributed by atoms with Crippen LogP contribution in [0, 0.1) is 22.7 Å². The van der Waals surface area contributed by atoms with Crippen molar-refractivity contribution in [3.8, 4) is 0 Å². The summed E-state index contributed by atoms with van der Waals surface area (Å²) in [4.78, 5) is 24.6. The first-order chi connectivity index (χ1) is 10.3. The summed E-state index contributed by atoms with van der Waals surface area (Å²) >= 11 is 0. The minimum Gasteiger partial charge on any atom is -0.462 e. The smallest absolute Gasteiger partial charge is 0.312 e. The number of fused-ring (bicyclic) bond motifs is 1. The van der Waals surface area contributed by atoms with Crippen LogP contribution in [0.1, 0.15) is 65.7 Å². The van der Waals surface area contributed by atoms with Gasteiger partial charge >= 0.3 is 11.9 Å². The number of ether oxygens (including phenoxy) is 2. The highest BCUT2D eigenvalue weighted by Gasteiger charge is 2.73. The fourth-order valence-corrected chi connectivity index (χ4v) is 6.54. The Labute approximate surface area is 131 Å². The monoisotopic (exact) mass is 306 g/mol. The summed E-state index contributed by atoms with van der Waals surface area (Å²) in [5.41, 5.74) is -0.946. The van der Waals surface area contributed by atoms with Gasteiger partial charge in [-0.3, -0.25) is 9.59 Å². The van der Waals surface area contributed by atoms with E-state index in [-0.39, 0.29) is 35.3 Å². The van der Waals surface area contributed by atoms with Gasteiger partial charge in [0.2, 0.25) is 0 Å². The summed E-state index contributed by atoms with van der Waals surface area (Å²) in [6.45, 7) is 6.52. The van der Waals surface area contributed by atoms with Crippen LogP contribution >= 0.6 is 0 Å².